The van der Waals surface area contributed by atoms with Gasteiger partial charge in [-0.2, -0.15) is 0 Å². The van der Waals surface area contributed by atoms with Crippen LogP contribution in [0.15, 0.2) is 54.6 Å². The Morgan fingerprint density at radius 1 is 1.07 bits per heavy atom. The predicted molar refractivity (Wildman–Crippen MR) is 111 cm³/mol. The molecule has 0 aliphatic carbocycles. The molecule has 27 heavy (non-hydrogen) atoms. The van der Waals surface area contributed by atoms with E-state index in [0.717, 1.165) is 5.56 Å². The third kappa shape index (κ3) is 7.59. The van der Waals surface area contributed by atoms with Gasteiger partial charge in [-0.05, 0) is 42.3 Å². The standard InChI is InChI=1S/C20H24ClN3O2.ClH/c1-14(12-22)13-23-20(26)18(11-15-5-3-2-4-6-15)24-19(25)16-7-9-17(21)10-8-16;/h2-10,14,18H,11-13,22H2,1H3,(H,23,26)(H,24,25);1H. The first-order chi connectivity index (χ1) is 12.5. The van der Waals surface area contributed by atoms with Gasteiger partial charge in [0.1, 0.15) is 6.04 Å². The Balaban J connectivity index is 0.00000364. The minimum Gasteiger partial charge on any atom is -0.354 e. The summed E-state index contributed by atoms with van der Waals surface area (Å²) in [5, 5.41) is 6.23. The molecule has 0 aromatic heterocycles. The van der Waals surface area contributed by atoms with E-state index >= 15 is 0 Å². The lowest BCUT2D eigenvalue weighted by Crippen LogP contribution is -2.49. The molecular formula is C20H25Cl2N3O2. The minimum absolute atomic E-state index is 0. The Labute approximate surface area is 171 Å². The maximum absolute atomic E-state index is 12.6. The van der Waals surface area contributed by atoms with Crippen LogP contribution < -0.4 is 16.4 Å². The zero-order valence-electron chi connectivity index (χ0n) is 15.2. The summed E-state index contributed by atoms with van der Waals surface area (Å²) in [5.41, 5.74) is 7.02. The van der Waals surface area contributed by atoms with Gasteiger partial charge >= 0.3 is 0 Å². The van der Waals surface area contributed by atoms with Gasteiger partial charge in [0.15, 0.2) is 0 Å². The molecule has 4 N–H and O–H groups in total. The van der Waals surface area contributed by atoms with Crippen molar-refractivity contribution < 1.29 is 9.59 Å². The van der Waals surface area contributed by atoms with Crippen LogP contribution in [0.1, 0.15) is 22.8 Å². The van der Waals surface area contributed by atoms with Crippen LogP contribution in [0.3, 0.4) is 0 Å². The maximum Gasteiger partial charge on any atom is 0.251 e. The van der Waals surface area contributed by atoms with E-state index in [9.17, 15) is 9.59 Å². The van der Waals surface area contributed by atoms with Crippen LogP contribution in [-0.4, -0.2) is 30.9 Å². The average molecular weight is 410 g/mol. The number of nitrogens with two attached hydrogens (primary N) is 1. The molecule has 0 aliphatic rings. The van der Waals surface area contributed by atoms with Crippen molar-refractivity contribution in [2.45, 2.75) is 19.4 Å². The average Bonchev–Trinajstić information content (AvgIpc) is 2.66. The van der Waals surface area contributed by atoms with Crippen molar-refractivity contribution in [2.24, 2.45) is 11.7 Å². The van der Waals surface area contributed by atoms with E-state index in [1.54, 1.807) is 24.3 Å². The lowest BCUT2D eigenvalue weighted by atomic mass is 10.0. The van der Waals surface area contributed by atoms with Gasteiger partial charge < -0.3 is 16.4 Å². The number of halogens is 2. The van der Waals surface area contributed by atoms with E-state index in [-0.39, 0.29) is 30.1 Å². The molecule has 2 amide bonds. The van der Waals surface area contributed by atoms with Crippen LogP contribution in [-0.2, 0) is 11.2 Å². The van der Waals surface area contributed by atoms with Crippen molar-refractivity contribution >= 4 is 35.8 Å². The molecule has 0 spiro atoms. The van der Waals surface area contributed by atoms with Crippen LogP contribution in [0.5, 0.6) is 0 Å². The van der Waals surface area contributed by atoms with Crippen molar-refractivity contribution in [3.8, 4) is 0 Å². The highest BCUT2D eigenvalue weighted by Gasteiger charge is 2.22. The van der Waals surface area contributed by atoms with E-state index in [4.69, 9.17) is 17.3 Å². The molecule has 2 rings (SSSR count). The number of carbonyl (C=O) groups excluding carboxylic acids is 2. The van der Waals surface area contributed by atoms with Crippen LogP contribution in [0, 0.1) is 5.92 Å². The Morgan fingerprint density at radius 3 is 2.30 bits per heavy atom. The van der Waals surface area contributed by atoms with Crippen LogP contribution in [0.4, 0.5) is 0 Å². The second-order valence-corrected chi connectivity index (χ2v) is 6.75. The zero-order chi connectivity index (χ0) is 18.9. The number of benzene rings is 2. The third-order valence-corrected chi connectivity index (χ3v) is 4.29. The van der Waals surface area contributed by atoms with Gasteiger partial charge in [-0.3, -0.25) is 9.59 Å². The smallest absolute Gasteiger partial charge is 0.251 e. The van der Waals surface area contributed by atoms with Crippen molar-refractivity contribution in [2.75, 3.05) is 13.1 Å². The fraction of sp³-hybridized carbons (Fsp3) is 0.300. The third-order valence-electron chi connectivity index (χ3n) is 4.04. The molecule has 0 saturated heterocycles. The van der Waals surface area contributed by atoms with Crippen molar-refractivity contribution in [3.05, 3.63) is 70.7 Å². The summed E-state index contributed by atoms with van der Waals surface area (Å²) in [6.45, 7) is 2.91. The Morgan fingerprint density at radius 2 is 1.70 bits per heavy atom. The largest absolute Gasteiger partial charge is 0.354 e. The van der Waals surface area contributed by atoms with E-state index in [1.165, 1.54) is 0 Å². The summed E-state index contributed by atoms with van der Waals surface area (Å²) >= 11 is 5.86. The summed E-state index contributed by atoms with van der Waals surface area (Å²) in [6, 6.07) is 15.5. The minimum atomic E-state index is -0.675. The van der Waals surface area contributed by atoms with Gasteiger partial charge in [-0.25, -0.2) is 0 Å². The van der Waals surface area contributed by atoms with Gasteiger partial charge in [0.2, 0.25) is 5.91 Å². The van der Waals surface area contributed by atoms with Crippen LogP contribution in [0.2, 0.25) is 5.02 Å². The van der Waals surface area contributed by atoms with Crippen LogP contribution in [0.25, 0.3) is 0 Å². The summed E-state index contributed by atoms with van der Waals surface area (Å²) in [5.74, 6) is -0.371. The van der Waals surface area contributed by atoms with E-state index < -0.39 is 6.04 Å². The lowest BCUT2D eigenvalue weighted by molar-refractivity contribution is -0.123. The van der Waals surface area contributed by atoms with Gasteiger partial charge in [0.05, 0.1) is 0 Å². The second-order valence-electron chi connectivity index (χ2n) is 6.31. The molecule has 0 radical (unpaired) electrons. The first-order valence-electron chi connectivity index (χ1n) is 8.57. The SMILES string of the molecule is CC(CN)CNC(=O)C(Cc1ccccc1)NC(=O)c1ccc(Cl)cc1.Cl. The summed E-state index contributed by atoms with van der Waals surface area (Å²) in [6.07, 6.45) is 0.406. The molecular weight excluding hydrogens is 385 g/mol. The molecule has 5 nitrogen and oxygen atoms in total. The lowest BCUT2D eigenvalue weighted by Gasteiger charge is -2.20. The molecule has 0 aliphatic heterocycles. The van der Waals surface area contributed by atoms with Gasteiger partial charge in [0, 0.05) is 23.6 Å². The number of amides is 2. The number of carbonyl (C=O) groups is 2. The van der Waals surface area contributed by atoms with Gasteiger partial charge in [-0.1, -0.05) is 48.9 Å². The highest BCUT2D eigenvalue weighted by molar-refractivity contribution is 6.30. The number of hydrogen-bond acceptors (Lipinski definition) is 3. The molecule has 0 bridgehead atoms. The van der Waals surface area contributed by atoms with Gasteiger partial charge in [-0.15, -0.1) is 12.4 Å². The zero-order valence-corrected chi connectivity index (χ0v) is 16.7. The molecule has 2 atom stereocenters. The summed E-state index contributed by atoms with van der Waals surface area (Å²) in [7, 11) is 0. The number of rotatable bonds is 8. The fourth-order valence-electron chi connectivity index (χ4n) is 2.38. The maximum atomic E-state index is 12.6. The topological polar surface area (TPSA) is 84.2 Å². The highest BCUT2D eigenvalue weighted by Crippen LogP contribution is 2.10. The normalized spacial score (nSPS) is 12.4. The second kappa shape index (κ2) is 11.6. The quantitative estimate of drug-likeness (QED) is 0.626. The van der Waals surface area contributed by atoms with E-state index in [1.807, 2.05) is 37.3 Å². The first-order valence-corrected chi connectivity index (χ1v) is 8.95. The summed E-state index contributed by atoms with van der Waals surface area (Å²) < 4.78 is 0. The predicted octanol–water partition coefficient (Wildman–Crippen LogP) is 2.81. The number of nitrogens with one attached hydrogen (secondary N) is 2. The monoisotopic (exact) mass is 409 g/mol. The van der Waals surface area contributed by atoms with Crippen molar-refractivity contribution in [1.82, 2.24) is 10.6 Å². The fourth-order valence-corrected chi connectivity index (χ4v) is 2.51. The molecule has 2 aromatic rings. The molecule has 0 fully saturated rings. The van der Waals surface area contributed by atoms with E-state index in [0.29, 0.717) is 30.1 Å². The molecule has 0 saturated carbocycles. The molecule has 0 heterocycles. The van der Waals surface area contributed by atoms with Crippen LogP contribution >= 0.6 is 24.0 Å². The van der Waals surface area contributed by atoms with E-state index in [2.05, 4.69) is 10.6 Å². The Hall–Kier alpha value is -2.08. The number of hydrogen-bond donors (Lipinski definition) is 3. The Kier molecular flexibility index (Phi) is 9.86. The van der Waals surface area contributed by atoms with Gasteiger partial charge in [0.25, 0.3) is 5.91 Å². The summed E-state index contributed by atoms with van der Waals surface area (Å²) in [4.78, 5) is 25.1. The molecule has 146 valence electrons. The molecule has 2 aromatic carbocycles. The highest BCUT2D eigenvalue weighted by atomic mass is 35.5. The molecule has 2 unspecified atom stereocenters. The van der Waals surface area contributed by atoms with Crippen molar-refractivity contribution in [1.29, 1.82) is 0 Å². The Bertz CT molecular complexity index is 724. The van der Waals surface area contributed by atoms with Crippen molar-refractivity contribution in [3.63, 3.8) is 0 Å². The molecule has 7 heteroatoms. The first kappa shape index (κ1) is 23.0.